The number of aliphatic imine (C=N–C) groups is 1. The van der Waals surface area contributed by atoms with E-state index in [-0.39, 0.29) is 0 Å². The van der Waals surface area contributed by atoms with Crippen LogP contribution in [0.5, 0.6) is 5.75 Å². The zero-order chi connectivity index (χ0) is 12.8. The van der Waals surface area contributed by atoms with Gasteiger partial charge in [0.1, 0.15) is 5.75 Å². The molecule has 0 saturated heterocycles. The van der Waals surface area contributed by atoms with Crippen molar-refractivity contribution in [3.8, 4) is 5.75 Å². The van der Waals surface area contributed by atoms with Gasteiger partial charge in [0.05, 0.1) is 7.11 Å². The average Bonchev–Trinajstić information content (AvgIpc) is 2.31. The number of rotatable bonds is 3. The highest BCUT2D eigenvalue weighted by molar-refractivity contribution is 5.79. The molecular weight excluding hydrogens is 214 g/mol. The minimum Gasteiger partial charge on any atom is -0.496 e. The molecule has 1 aromatic rings. The zero-order valence-corrected chi connectivity index (χ0v) is 11.2. The van der Waals surface area contributed by atoms with Crippen LogP contribution in [-0.4, -0.2) is 39.1 Å². The van der Waals surface area contributed by atoms with Gasteiger partial charge in [-0.15, -0.1) is 0 Å². The summed E-state index contributed by atoms with van der Waals surface area (Å²) in [6.45, 7) is 2.76. The van der Waals surface area contributed by atoms with Crippen molar-refractivity contribution < 1.29 is 4.74 Å². The molecular formula is C13H21N3O. The van der Waals surface area contributed by atoms with Crippen molar-refractivity contribution in [3.05, 3.63) is 29.3 Å². The summed E-state index contributed by atoms with van der Waals surface area (Å²) in [7, 11) is 7.39. The van der Waals surface area contributed by atoms with Crippen molar-refractivity contribution in [3.63, 3.8) is 0 Å². The van der Waals surface area contributed by atoms with Crippen molar-refractivity contribution in [2.24, 2.45) is 4.99 Å². The van der Waals surface area contributed by atoms with E-state index in [4.69, 9.17) is 4.74 Å². The number of aryl methyl sites for hydroxylation is 1. The molecule has 0 aliphatic carbocycles. The van der Waals surface area contributed by atoms with Crippen molar-refractivity contribution >= 4 is 5.96 Å². The number of methoxy groups -OCH3 is 1. The summed E-state index contributed by atoms with van der Waals surface area (Å²) in [6.07, 6.45) is 0. The Labute approximate surface area is 103 Å². The van der Waals surface area contributed by atoms with E-state index in [1.54, 1.807) is 14.2 Å². The molecule has 0 amide bonds. The maximum atomic E-state index is 5.36. The summed E-state index contributed by atoms with van der Waals surface area (Å²) < 4.78 is 5.36. The highest BCUT2D eigenvalue weighted by Crippen LogP contribution is 2.19. The molecule has 4 nitrogen and oxygen atoms in total. The van der Waals surface area contributed by atoms with Gasteiger partial charge in [0.25, 0.3) is 0 Å². The first kappa shape index (κ1) is 13.4. The molecule has 17 heavy (non-hydrogen) atoms. The first-order valence-electron chi connectivity index (χ1n) is 5.60. The molecule has 1 N–H and O–H groups in total. The van der Waals surface area contributed by atoms with Gasteiger partial charge in [0, 0.05) is 33.3 Å². The number of hydrogen-bond donors (Lipinski definition) is 1. The van der Waals surface area contributed by atoms with Gasteiger partial charge in [-0.2, -0.15) is 0 Å². The third-order valence-corrected chi connectivity index (χ3v) is 2.51. The van der Waals surface area contributed by atoms with Gasteiger partial charge in [0.15, 0.2) is 5.96 Å². The first-order valence-corrected chi connectivity index (χ1v) is 5.60. The lowest BCUT2D eigenvalue weighted by Gasteiger charge is -2.18. The molecule has 4 heteroatoms. The largest absolute Gasteiger partial charge is 0.496 e. The first-order chi connectivity index (χ1) is 8.08. The van der Waals surface area contributed by atoms with Gasteiger partial charge in [-0.05, 0) is 18.6 Å². The second kappa shape index (κ2) is 6.13. The summed E-state index contributed by atoms with van der Waals surface area (Å²) in [4.78, 5) is 6.11. The summed E-state index contributed by atoms with van der Waals surface area (Å²) in [5.74, 6) is 1.76. The van der Waals surface area contributed by atoms with E-state index in [1.165, 1.54) is 5.56 Å². The van der Waals surface area contributed by atoms with E-state index in [2.05, 4.69) is 29.4 Å². The Bertz CT molecular complexity index is 400. The molecule has 0 aliphatic rings. The van der Waals surface area contributed by atoms with Crippen molar-refractivity contribution in [2.45, 2.75) is 13.5 Å². The molecule has 0 radical (unpaired) electrons. The van der Waals surface area contributed by atoms with Crippen LogP contribution in [0.3, 0.4) is 0 Å². The van der Waals surface area contributed by atoms with Gasteiger partial charge >= 0.3 is 0 Å². The van der Waals surface area contributed by atoms with E-state index in [9.17, 15) is 0 Å². The van der Waals surface area contributed by atoms with Crippen LogP contribution in [-0.2, 0) is 6.54 Å². The minimum atomic E-state index is 0.703. The molecule has 0 unspecified atom stereocenters. The van der Waals surface area contributed by atoms with E-state index >= 15 is 0 Å². The van der Waals surface area contributed by atoms with Gasteiger partial charge in [0.2, 0.25) is 0 Å². The number of nitrogens with zero attached hydrogens (tertiary/aromatic N) is 2. The zero-order valence-electron chi connectivity index (χ0n) is 11.2. The number of nitrogens with one attached hydrogen (secondary N) is 1. The molecule has 0 fully saturated rings. The van der Waals surface area contributed by atoms with Crippen LogP contribution >= 0.6 is 0 Å². The lowest BCUT2D eigenvalue weighted by atomic mass is 10.1. The summed E-state index contributed by atoms with van der Waals surface area (Å²) >= 11 is 0. The Balaban J connectivity index is 2.75. The van der Waals surface area contributed by atoms with Crippen LogP contribution in [0.4, 0.5) is 0 Å². The SMILES string of the molecule is CN=C(NCc1ccc(C)cc1OC)N(C)C. The van der Waals surface area contributed by atoms with Gasteiger partial charge in [-0.1, -0.05) is 12.1 Å². The molecule has 0 aliphatic heterocycles. The molecule has 94 valence electrons. The highest BCUT2D eigenvalue weighted by atomic mass is 16.5. The normalized spacial score (nSPS) is 11.2. The fourth-order valence-corrected chi connectivity index (χ4v) is 1.61. The lowest BCUT2D eigenvalue weighted by molar-refractivity contribution is 0.408. The maximum absolute atomic E-state index is 5.36. The Morgan fingerprint density at radius 2 is 2.12 bits per heavy atom. The smallest absolute Gasteiger partial charge is 0.193 e. The Hall–Kier alpha value is -1.71. The standard InChI is InChI=1S/C13H21N3O/c1-10-6-7-11(12(8-10)17-5)9-15-13(14-2)16(3)4/h6-8H,9H2,1-5H3,(H,14,15). The molecule has 0 saturated carbocycles. The van der Waals surface area contributed by atoms with E-state index in [0.29, 0.717) is 6.54 Å². The third-order valence-electron chi connectivity index (χ3n) is 2.51. The summed E-state index contributed by atoms with van der Waals surface area (Å²) in [5.41, 5.74) is 2.32. The second-order valence-corrected chi connectivity index (χ2v) is 4.11. The quantitative estimate of drug-likeness (QED) is 0.639. The second-order valence-electron chi connectivity index (χ2n) is 4.11. The number of ether oxygens (including phenoxy) is 1. The molecule has 0 bridgehead atoms. The van der Waals surface area contributed by atoms with E-state index < -0.39 is 0 Å². The van der Waals surface area contributed by atoms with E-state index in [0.717, 1.165) is 17.3 Å². The van der Waals surface area contributed by atoms with Crippen LogP contribution in [0, 0.1) is 6.92 Å². The molecule has 0 heterocycles. The highest BCUT2D eigenvalue weighted by Gasteiger charge is 2.05. The van der Waals surface area contributed by atoms with Crippen LogP contribution in [0.2, 0.25) is 0 Å². The molecule has 0 spiro atoms. The van der Waals surface area contributed by atoms with Crippen molar-refractivity contribution in [2.75, 3.05) is 28.3 Å². The lowest BCUT2D eigenvalue weighted by Crippen LogP contribution is -2.35. The van der Waals surface area contributed by atoms with Crippen molar-refractivity contribution in [1.29, 1.82) is 0 Å². The molecule has 1 aromatic carbocycles. The minimum absolute atomic E-state index is 0.703. The van der Waals surface area contributed by atoms with Gasteiger partial charge in [-0.3, -0.25) is 4.99 Å². The Morgan fingerprint density at radius 3 is 2.65 bits per heavy atom. The third kappa shape index (κ3) is 3.66. The molecule has 0 atom stereocenters. The van der Waals surface area contributed by atoms with Crippen LogP contribution in [0.15, 0.2) is 23.2 Å². The fraction of sp³-hybridized carbons (Fsp3) is 0.462. The Morgan fingerprint density at radius 1 is 1.41 bits per heavy atom. The predicted octanol–water partition coefficient (Wildman–Crippen LogP) is 1.64. The summed E-state index contributed by atoms with van der Waals surface area (Å²) in [6, 6.07) is 6.19. The predicted molar refractivity (Wildman–Crippen MR) is 71.6 cm³/mol. The van der Waals surface area contributed by atoms with Crippen LogP contribution in [0.25, 0.3) is 0 Å². The molecule has 1 rings (SSSR count). The topological polar surface area (TPSA) is 36.9 Å². The number of guanidine groups is 1. The van der Waals surface area contributed by atoms with Gasteiger partial charge in [-0.25, -0.2) is 0 Å². The monoisotopic (exact) mass is 235 g/mol. The summed E-state index contributed by atoms with van der Waals surface area (Å²) in [5, 5.41) is 3.28. The van der Waals surface area contributed by atoms with E-state index in [1.807, 2.05) is 25.1 Å². The number of hydrogen-bond acceptors (Lipinski definition) is 2. The Kier molecular flexibility index (Phi) is 4.82. The van der Waals surface area contributed by atoms with Crippen LogP contribution in [0.1, 0.15) is 11.1 Å². The van der Waals surface area contributed by atoms with Crippen LogP contribution < -0.4 is 10.1 Å². The van der Waals surface area contributed by atoms with Gasteiger partial charge < -0.3 is 15.0 Å². The van der Waals surface area contributed by atoms with Crippen molar-refractivity contribution in [1.82, 2.24) is 10.2 Å². The molecule has 0 aromatic heterocycles. The fourth-order valence-electron chi connectivity index (χ4n) is 1.61. The maximum Gasteiger partial charge on any atom is 0.193 e. The average molecular weight is 235 g/mol. The number of benzene rings is 1.